The van der Waals surface area contributed by atoms with Gasteiger partial charge in [0.2, 0.25) is 5.91 Å². The lowest BCUT2D eigenvalue weighted by Crippen LogP contribution is -2.50. The maximum atomic E-state index is 11.4. The molecular weight excluding hydrogens is 298 g/mol. The van der Waals surface area contributed by atoms with Gasteiger partial charge in [0.25, 0.3) is 0 Å². The SMILES string of the molecule is C.CC.NC[C@H](NC(=O)CN(CC(=O)O)CC(=O)O)C(=O)O. The van der Waals surface area contributed by atoms with Gasteiger partial charge in [-0.2, -0.15) is 0 Å². The Bertz CT molecular complexity index is 358. The summed E-state index contributed by atoms with van der Waals surface area (Å²) in [7, 11) is 0. The molecule has 0 fully saturated rings. The van der Waals surface area contributed by atoms with E-state index in [4.69, 9.17) is 21.1 Å². The predicted molar refractivity (Wildman–Crippen MR) is 78.4 cm³/mol. The zero-order valence-corrected chi connectivity index (χ0v) is 11.9. The zero-order chi connectivity index (χ0) is 17.0. The standard InChI is InChI=1S/C9H15N3O7.C2H6.CH4/c10-1-5(9(18)19)11-6(13)2-12(3-7(14)15)4-8(16)17;1-2;/h5H,1-4,10H2,(H,11,13)(H,14,15)(H,16,17)(H,18,19);1-2H3;1H4/t5-;;/m0../s1. The molecule has 10 heteroatoms. The Morgan fingerprint density at radius 3 is 1.68 bits per heavy atom. The van der Waals surface area contributed by atoms with E-state index >= 15 is 0 Å². The Morgan fingerprint density at radius 1 is 1.00 bits per heavy atom. The van der Waals surface area contributed by atoms with Crippen LogP contribution in [0.4, 0.5) is 0 Å². The average molecular weight is 323 g/mol. The van der Waals surface area contributed by atoms with Gasteiger partial charge in [-0.25, -0.2) is 4.79 Å². The molecule has 0 saturated heterocycles. The lowest BCUT2D eigenvalue weighted by Gasteiger charge is -2.19. The molecule has 0 rings (SSSR count). The van der Waals surface area contributed by atoms with Crippen molar-refractivity contribution in [2.45, 2.75) is 27.3 Å². The highest BCUT2D eigenvalue weighted by Crippen LogP contribution is 1.90. The summed E-state index contributed by atoms with van der Waals surface area (Å²) in [5, 5.41) is 27.8. The van der Waals surface area contributed by atoms with Gasteiger partial charge in [0, 0.05) is 6.54 Å². The largest absolute Gasteiger partial charge is 0.480 e. The van der Waals surface area contributed by atoms with E-state index in [0.717, 1.165) is 4.90 Å². The third-order valence-corrected chi connectivity index (χ3v) is 1.95. The van der Waals surface area contributed by atoms with Crippen molar-refractivity contribution in [2.75, 3.05) is 26.2 Å². The Balaban J connectivity index is -0.00000115. The molecule has 1 atom stereocenters. The molecular formula is C12H25N3O7. The molecule has 10 nitrogen and oxygen atoms in total. The quantitative estimate of drug-likeness (QED) is 0.344. The Morgan fingerprint density at radius 2 is 1.41 bits per heavy atom. The summed E-state index contributed by atoms with van der Waals surface area (Å²) in [5.74, 6) is -4.76. The van der Waals surface area contributed by atoms with E-state index < -0.39 is 49.5 Å². The van der Waals surface area contributed by atoms with E-state index in [0.29, 0.717) is 0 Å². The van der Waals surface area contributed by atoms with E-state index in [1.54, 1.807) is 0 Å². The number of carboxylic acid groups (broad SMARTS) is 3. The number of nitrogens with two attached hydrogens (primary N) is 1. The summed E-state index contributed by atoms with van der Waals surface area (Å²) < 4.78 is 0. The Hall–Kier alpha value is -2.20. The number of amides is 1. The summed E-state index contributed by atoms with van der Waals surface area (Å²) in [5.41, 5.74) is 5.12. The van der Waals surface area contributed by atoms with Crippen LogP contribution in [0, 0.1) is 0 Å². The van der Waals surface area contributed by atoms with Gasteiger partial charge in [-0.1, -0.05) is 21.3 Å². The van der Waals surface area contributed by atoms with Gasteiger partial charge >= 0.3 is 17.9 Å². The molecule has 22 heavy (non-hydrogen) atoms. The van der Waals surface area contributed by atoms with E-state index in [2.05, 4.69) is 5.32 Å². The van der Waals surface area contributed by atoms with Crippen LogP contribution in [0.1, 0.15) is 21.3 Å². The maximum absolute atomic E-state index is 11.4. The number of carbonyl (C=O) groups excluding carboxylic acids is 1. The number of carbonyl (C=O) groups is 4. The minimum atomic E-state index is -1.33. The summed E-state index contributed by atoms with van der Waals surface area (Å²) in [4.78, 5) is 43.8. The highest BCUT2D eigenvalue weighted by Gasteiger charge is 2.21. The van der Waals surface area contributed by atoms with Gasteiger partial charge < -0.3 is 26.4 Å². The second kappa shape index (κ2) is 13.8. The van der Waals surface area contributed by atoms with Gasteiger partial charge in [-0.3, -0.25) is 19.3 Å². The van der Waals surface area contributed by atoms with Crippen LogP contribution in [0.5, 0.6) is 0 Å². The van der Waals surface area contributed by atoms with Crippen molar-refractivity contribution in [3.05, 3.63) is 0 Å². The van der Waals surface area contributed by atoms with E-state index in [9.17, 15) is 19.2 Å². The van der Waals surface area contributed by atoms with Crippen LogP contribution < -0.4 is 11.1 Å². The summed E-state index contributed by atoms with van der Waals surface area (Å²) in [6, 6.07) is -1.30. The minimum absolute atomic E-state index is 0. The fourth-order valence-electron chi connectivity index (χ4n) is 1.21. The third kappa shape index (κ3) is 12.8. The molecule has 0 aliphatic heterocycles. The third-order valence-electron chi connectivity index (χ3n) is 1.95. The highest BCUT2D eigenvalue weighted by molar-refractivity contribution is 5.85. The number of nitrogens with zero attached hydrogens (tertiary/aromatic N) is 1. The lowest BCUT2D eigenvalue weighted by molar-refractivity contribution is -0.144. The van der Waals surface area contributed by atoms with Crippen molar-refractivity contribution in [1.29, 1.82) is 0 Å². The van der Waals surface area contributed by atoms with Crippen LogP contribution in [0.3, 0.4) is 0 Å². The van der Waals surface area contributed by atoms with Crippen LogP contribution in [0.2, 0.25) is 0 Å². The number of nitrogens with one attached hydrogen (secondary N) is 1. The number of rotatable bonds is 9. The van der Waals surface area contributed by atoms with Crippen LogP contribution in [0.15, 0.2) is 0 Å². The van der Waals surface area contributed by atoms with Crippen molar-refractivity contribution in [1.82, 2.24) is 10.2 Å². The number of carboxylic acids is 3. The van der Waals surface area contributed by atoms with Crippen LogP contribution in [0.25, 0.3) is 0 Å². The molecule has 0 spiro atoms. The van der Waals surface area contributed by atoms with E-state index in [1.807, 2.05) is 13.8 Å². The molecule has 0 aromatic carbocycles. The second-order valence-electron chi connectivity index (χ2n) is 3.63. The van der Waals surface area contributed by atoms with Gasteiger partial charge in [-0.05, 0) is 0 Å². The fourth-order valence-corrected chi connectivity index (χ4v) is 1.21. The molecule has 6 N–H and O–H groups in total. The van der Waals surface area contributed by atoms with Crippen molar-refractivity contribution in [2.24, 2.45) is 5.73 Å². The number of hydrogen-bond acceptors (Lipinski definition) is 6. The lowest BCUT2D eigenvalue weighted by atomic mass is 10.3. The predicted octanol–water partition coefficient (Wildman–Crippen LogP) is -1.35. The molecule has 0 aliphatic rings. The first-order chi connectivity index (χ1) is 9.76. The topological polar surface area (TPSA) is 170 Å². The zero-order valence-electron chi connectivity index (χ0n) is 11.9. The van der Waals surface area contributed by atoms with Crippen LogP contribution >= 0.6 is 0 Å². The van der Waals surface area contributed by atoms with Gasteiger partial charge in [0.15, 0.2) is 0 Å². The molecule has 0 saturated carbocycles. The van der Waals surface area contributed by atoms with E-state index in [1.165, 1.54) is 0 Å². The molecule has 130 valence electrons. The molecule has 0 unspecified atom stereocenters. The minimum Gasteiger partial charge on any atom is -0.480 e. The monoisotopic (exact) mass is 323 g/mol. The van der Waals surface area contributed by atoms with Crippen molar-refractivity contribution >= 4 is 23.8 Å². The Labute approximate surface area is 128 Å². The maximum Gasteiger partial charge on any atom is 0.327 e. The van der Waals surface area contributed by atoms with Gasteiger partial charge in [-0.15, -0.1) is 0 Å². The molecule has 0 heterocycles. The average Bonchev–Trinajstić information content (AvgIpc) is 2.36. The molecule has 0 aromatic heterocycles. The smallest absolute Gasteiger partial charge is 0.327 e. The highest BCUT2D eigenvalue weighted by atomic mass is 16.4. The molecule has 0 radical (unpaired) electrons. The first-order valence-corrected chi connectivity index (χ1v) is 6.14. The first kappa shape index (κ1) is 24.8. The number of aliphatic carboxylic acids is 3. The normalized spacial score (nSPS) is 10.5. The van der Waals surface area contributed by atoms with Crippen molar-refractivity contribution < 1.29 is 34.5 Å². The first-order valence-electron chi connectivity index (χ1n) is 6.14. The fraction of sp³-hybridized carbons (Fsp3) is 0.667. The summed E-state index contributed by atoms with van der Waals surface area (Å²) in [6.45, 7) is 1.81. The van der Waals surface area contributed by atoms with E-state index in [-0.39, 0.29) is 14.0 Å². The number of hydrogen-bond donors (Lipinski definition) is 5. The van der Waals surface area contributed by atoms with Crippen molar-refractivity contribution in [3.8, 4) is 0 Å². The molecule has 1 amide bonds. The molecule has 0 aromatic rings. The Kier molecular flexibility index (Phi) is 15.5. The molecule has 0 aliphatic carbocycles. The van der Waals surface area contributed by atoms with Crippen molar-refractivity contribution in [3.63, 3.8) is 0 Å². The summed E-state index contributed by atoms with van der Waals surface area (Å²) in [6.07, 6.45) is 0. The van der Waals surface area contributed by atoms with Crippen LogP contribution in [-0.4, -0.2) is 76.3 Å². The van der Waals surface area contributed by atoms with Gasteiger partial charge in [0.05, 0.1) is 19.6 Å². The van der Waals surface area contributed by atoms with Crippen LogP contribution in [-0.2, 0) is 19.2 Å². The summed E-state index contributed by atoms with van der Waals surface area (Å²) >= 11 is 0. The van der Waals surface area contributed by atoms with Gasteiger partial charge in [0.1, 0.15) is 6.04 Å². The second-order valence-corrected chi connectivity index (χ2v) is 3.63. The molecule has 0 bridgehead atoms.